The number of unbranched alkanes of at least 4 members (excludes halogenated alkanes) is 1. The van der Waals surface area contributed by atoms with Crippen LogP contribution in [0.15, 0.2) is 42.7 Å². The zero-order chi connectivity index (χ0) is 19.2. The minimum absolute atomic E-state index is 0.0129. The summed E-state index contributed by atoms with van der Waals surface area (Å²) in [6, 6.07) is 8.12. The number of hydrogen-bond donors (Lipinski definition) is 1. The predicted molar refractivity (Wildman–Crippen MR) is 110 cm³/mol. The number of aromatic nitrogens is 2. The molecule has 0 unspecified atom stereocenters. The second kappa shape index (κ2) is 8.80. The Bertz CT molecular complexity index is 813. The van der Waals surface area contributed by atoms with Gasteiger partial charge >= 0.3 is 6.03 Å². The van der Waals surface area contributed by atoms with Crippen LogP contribution in [0.2, 0.25) is 0 Å². The van der Waals surface area contributed by atoms with Crippen molar-refractivity contribution in [2.24, 2.45) is 0 Å². The van der Waals surface area contributed by atoms with E-state index in [9.17, 15) is 4.79 Å². The molecule has 0 fully saturated rings. The lowest BCUT2D eigenvalue weighted by Gasteiger charge is -2.32. The fraction of sp³-hybridized carbons (Fsp3) is 0.409. The molecular weight excluding hydrogens is 336 g/mol. The minimum atomic E-state index is -0.0602. The summed E-state index contributed by atoms with van der Waals surface area (Å²) in [5.74, 6) is 0. The van der Waals surface area contributed by atoms with Gasteiger partial charge in [-0.15, -0.1) is 0 Å². The highest BCUT2D eigenvalue weighted by Crippen LogP contribution is 2.26. The number of benzene rings is 1. The van der Waals surface area contributed by atoms with E-state index in [-0.39, 0.29) is 12.1 Å². The van der Waals surface area contributed by atoms with Gasteiger partial charge in [-0.1, -0.05) is 31.6 Å². The molecule has 2 amide bonds. The van der Waals surface area contributed by atoms with Crippen LogP contribution in [-0.2, 0) is 6.42 Å². The van der Waals surface area contributed by atoms with Gasteiger partial charge < -0.3 is 10.2 Å². The summed E-state index contributed by atoms with van der Waals surface area (Å²) >= 11 is 0. The lowest BCUT2D eigenvalue weighted by Crippen LogP contribution is -2.43. The molecule has 27 heavy (non-hydrogen) atoms. The maximum atomic E-state index is 12.7. The van der Waals surface area contributed by atoms with Crippen molar-refractivity contribution >= 4 is 17.3 Å². The van der Waals surface area contributed by atoms with Crippen molar-refractivity contribution in [2.75, 3.05) is 11.9 Å². The highest BCUT2D eigenvalue weighted by molar-refractivity contribution is 5.90. The number of urea groups is 1. The average molecular weight is 364 g/mol. The van der Waals surface area contributed by atoms with Crippen molar-refractivity contribution in [1.29, 1.82) is 0 Å². The molecule has 142 valence electrons. The standard InChI is InChI=1S/C22H28N4O/c1-4-5-6-18-7-9-20(10-8-18)25-22(27)26-14-11-19(15-16(26)2)21-17(3)23-12-13-24-21/h7-10,12-13,15-16H,4-6,11,14H2,1-3H3,(H,25,27)/t16-/m1/s1. The molecular formula is C22H28N4O. The Morgan fingerprint density at radius 1 is 1.22 bits per heavy atom. The smallest absolute Gasteiger partial charge is 0.318 e. The average Bonchev–Trinajstić information content (AvgIpc) is 2.67. The van der Waals surface area contributed by atoms with E-state index in [1.165, 1.54) is 18.4 Å². The molecule has 2 aromatic rings. The van der Waals surface area contributed by atoms with Crippen LogP contribution in [-0.4, -0.2) is 33.5 Å². The van der Waals surface area contributed by atoms with Crippen LogP contribution in [0.1, 0.15) is 50.1 Å². The molecule has 5 nitrogen and oxygen atoms in total. The number of anilines is 1. The lowest BCUT2D eigenvalue weighted by atomic mass is 9.99. The Morgan fingerprint density at radius 3 is 2.63 bits per heavy atom. The molecule has 0 spiro atoms. The number of nitrogens with one attached hydrogen (secondary N) is 1. The van der Waals surface area contributed by atoms with Gasteiger partial charge in [-0.3, -0.25) is 9.97 Å². The first kappa shape index (κ1) is 19.1. The zero-order valence-electron chi connectivity index (χ0n) is 16.4. The summed E-state index contributed by atoms with van der Waals surface area (Å²) in [4.78, 5) is 23.3. The Balaban J connectivity index is 1.64. The van der Waals surface area contributed by atoms with Crippen molar-refractivity contribution in [2.45, 2.75) is 52.5 Å². The van der Waals surface area contributed by atoms with Gasteiger partial charge in [0.2, 0.25) is 0 Å². The first-order chi connectivity index (χ1) is 13.1. The largest absolute Gasteiger partial charge is 0.322 e. The predicted octanol–water partition coefficient (Wildman–Crippen LogP) is 4.84. The second-order valence-electron chi connectivity index (χ2n) is 7.10. The fourth-order valence-electron chi connectivity index (χ4n) is 3.45. The van der Waals surface area contributed by atoms with Gasteiger partial charge in [0.05, 0.1) is 11.4 Å². The molecule has 5 heteroatoms. The van der Waals surface area contributed by atoms with Crippen molar-refractivity contribution < 1.29 is 4.79 Å². The molecule has 1 aliphatic heterocycles. The molecule has 2 heterocycles. The van der Waals surface area contributed by atoms with Gasteiger partial charge in [-0.05, 0) is 56.4 Å². The highest BCUT2D eigenvalue weighted by Gasteiger charge is 2.25. The number of carbonyl (C=O) groups is 1. The molecule has 0 saturated carbocycles. The highest BCUT2D eigenvalue weighted by atomic mass is 16.2. The van der Waals surface area contributed by atoms with E-state index in [1.807, 2.05) is 30.9 Å². The molecule has 0 bridgehead atoms. The Hall–Kier alpha value is -2.69. The third kappa shape index (κ3) is 4.73. The second-order valence-corrected chi connectivity index (χ2v) is 7.10. The van der Waals surface area contributed by atoms with E-state index >= 15 is 0 Å². The molecule has 1 aromatic carbocycles. The van der Waals surface area contributed by atoms with E-state index in [0.29, 0.717) is 6.54 Å². The van der Waals surface area contributed by atoms with E-state index in [2.05, 4.69) is 40.4 Å². The molecule has 1 atom stereocenters. The number of carbonyl (C=O) groups excluding carboxylic acids is 1. The fourth-order valence-corrected chi connectivity index (χ4v) is 3.45. The molecule has 1 aromatic heterocycles. The summed E-state index contributed by atoms with van der Waals surface area (Å²) in [6.07, 6.45) is 9.80. The van der Waals surface area contributed by atoms with Crippen molar-refractivity contribution in [3.05, 3.63) is 59.7 Å². The molecule has 0 aliphatic carbocycles. The number of nitrogens with zero attached hydrogens (tertiary/aromatic N) is 3. The minimum Gasteiger partial charge on any atom is -0.318 e. The number of rotatable bonds is 5. The van der Waals surface area contributed by atoms with E-state index < -0.39 is 0 Å². The molecule has 0 radical (unpaired) electrons. The van der Waals surface area contributed by atoms with E-state index in [0.717, 1.165) is 35.5 Å². The van der Waals surface area contributed by atoms with Crippen LogP contribution < -0.4 is 5.32 Å². The van der Waals surface area contributed by atoms with Crippen LogP contribution in [0.4, 0.5) is 10.5 Å². The maximum Gasteiger partial charge on any atom is 0.322 e. The van der Waals surface area contributed by atoms with Crippen LogP contribution in [0.5, 0.6) is 0 Å². The summed E-state index contributed by atoms with van der Waals surface area (Å²) in [5.41, 5.74) is 5.18. The Kier molecular flexibility index (Phi) is 6.22. The van der Waals surface area contributed by atoms with Crippen LogP contribution in [0, 0.1) is 6.92 Å². The monoisotopic (exact) mass is 364 g/mol. The van der Waals surface area contributed by atoms with Gasteiger partial charge in [0.1, 0.15) is 0 Å². The third-order valence-corrected chi connectivity index (χ3v) is 5.03. The quantitative estimate of drug-likeness (QED) is 0.826. The van der Waals surface area contributed by atoms with Crippen LogP contribution in [0.3, 0.4) is 0 Å². The topological polar surface area (TPSA) is 58.1 Å². The number of aryl methyl sites for hydroxylation is 2. The summed E-state index contributed by atoms with van der Waals surface area (Å²) < 4.78 is 0. The molecule has 1 aliphatic rings. The van der Waals surface area contributed by atoms with E-state index in [4.69, 9.17) is 0 Å². The SMILES string of the molecule is CCCCc1ccc(NC(=O)N2CCC(c3nccnc3C)=C[C@H]2C)cc1. The normalized spacial score (nSPS) is 16.8. The Labute approximate surface area is 161 Å². The molecule has 1 N–H and O–H groups in total. The van der Waals surface area contributed by atoms with Crippen LogP contribution >= 0.6 is 0 Å². The third-order valence-electron chi connectivity index (χ3n) is 5.03. The number of hydrogen-bond acceptors (Lipinski definition) is 3. The van der Waals surface area contributed by atoms with E-state index in [1.54, 1.807) is 12.4 Å². The van der Waals surface area contributed by atoms with Crippen molar-refractivity contribution in [3.8, 4) is 0 Å². The van der Waals surface area contributed by atoms with Crippen molar-refractivity contribution in [3.63, 3.8) is 0 Å². The zero-order valence-corrected chi connectivity index (χ0v) is 16.4. The summed E-state index contributed by atoms with van der Waals surface area (Å²) in [7, 11) is 0. The van der Waals surface area contributed by atoms with Gasteiger partial charge in [0.25, 0.3) is 0 Å². The van der Waals surface area contributed by atoms with Crippen molar-refractivity contribution in [1.82, 2.24) is 14.9 Å². The van der Waals surface area contributed by atoms with Gasteiger partial charge in [0.15, 0.2) is 0 Å². The maximum absolute atomic E-state index is 12.7. The molecule has 0 saturated heterocycles. The van der Waals surface area contributed by atoms with Gasteiger partial charge in [-0.2, -0.15) is 0 Å². The van der Waals surface area contributed by atoms with Gasteiger partial charge in [0, 0.05) is 30.7 Å². The number of amides is 2. The molecule has 3 rings (SSSR count). The first-order valence-electron chi connectivity index (χ1n) is 9.73. The van der Waals surface area contributed by atoms with Crippen LogP contribution in [0.25, 0.3) is 5.57 Å². The van der Waals surface area contributed by atoms with Gasteiger partial charge in [-0.25, -0.2) is 4.79 Å². The Morgan fingerprint density at radius 2 is 1.96 bits per heavy atom. The summed E-state index contributed by atoms with van der Waals surface area (Å²) in [5, 5.41) is 3.02. The lowest BCUT2D eigenvalue weighted by molar-refractivity contribution is 0.202. The first-order valence-corrected chi connectivity index (χ1v) is 9.73. The summed E-state index contributed by atoms with van der Waals surface area (Å²) in [6.45, 7) is 6.87.